The molecule has 0 aliphatic heterocycles. The molecular formula is C19H34N4O2S. The zero-order valence-corrected chi connectivity index (χ0v) is 17.5. The van der Waals surface area contributed by atoms with Crippen molar-refractivity contribution in [2.45, 2.75) is 46.0 Å². The topological polar surface area (TPSA) is 82.6 Å². The number of nitrogens with one attached hydrogen (secondary N) is 3. The maximum Gasteiger partial charge on any atom is 0.211 e. The van der Waals surface area contributed by atoms with Crippen molar-refractivity contribution in [1.29, 1.82) is 0 Å². The molecule has 0 heterocycles. The Labute approximate surface area is 158 Å². The van der Waals surface area contributed by atoms with E-state index in [-0.39, 0.29) is 11.2 Å². The van der Waals surface area contributed by atoms with E-state index in [1.807, 2.05) is 0 Å². The molecule has 0 radical (unpaired) electrons. The van der Waals surface area contributed by atoms with Gasteiger partial charge in [-0.05, 0) is 30.9 Å². The molecule has 0 aromatic heterocycles. The summed E-state index contributed by atoms with van der Waals surface area (Å²) in [5, 5.41) is 6.58. The Morgan fingerprint density at radius 3 is 2.27 bits per heavy atom. The molecule has 0 unspecified atom stereocenters. The van der Waals surface area contributed by atoms with Crippen LogP contribution in [0.25, 0.3) is 0 Å². The van der Waals surface area contributed by atoms with Crippen LogP contribution in [0.15, 0.2) is 29.3 Å². The van der Waals surface area contributed by atoms with E-state index in [0.29, 0.717) is 19.5 Å². The summed E-state index contributed by atoms with van der Waals surface area (Å²) in [6, 6.07) is 8.75. The molecule has 0 amide bonds. The minimum absolute atomic E-state index is 0.0271. The summed E-state index contributed by atoms with van der Waals surface area (Å²) < 4.78 is 25.3. The van der Waals surface area contributed by atoms with Gasteiger partial charge in [0, 0.05) is 32.1 Å². The number of nitrogens with zero attached hydrogens (tertiary/aromatic N) is 1. The standard InChI is InChI=1S/C19H34N4O2S/c1-6-16-9-11-17(12-10-16)19(3,4)15-22-18(20-5)21-13-8-14-23-26(24,25)7-2/h9-12,23H,6-8,13-15H2,1-5H3,(H2,20,21,22). The van der Waals surface area contributed by atoms with Gasteiger partial charge < -0.3 is 10.6 Å². The van der Waals surface area contributed by atoms with E-state index < -0.39 is 10.0 Å². The van der Waals surface area contributed by atoms with E-state index in [9.17, 15) is 8.42 Å². The first-order valence-corrected chi connectivity index (χ1v) is 10.9. The number of hydrogen-bond acceptors (Lipinski definition) is 3. The van der Waals surface area contributed by atoms with Crippen LogP contribution in [-0.4, -0.2) is 46.8 Å². The normalized spacial score (nSPS) is 12.9. The first-order chi connectivity index (χ1) is 12.2. The molecule has 148 valence electrons. The zero-order chi connectivity index (χ0) is 19.6. The van der Waals surface area contributed by atoms with Crippen molar-refractivity contribution in [2.24, 2.45) is 4.99 Å². The molecule has 1 aromatic carbocycles. The highest BCUT2D eigenvalue weighted by Crippen LogP contribution is 2.22. The molecule has 6 nitrogen and oxygen atoms in total. The third kappa shape index (κ3) is 7.74. The molecular weight excluding hydrogens is 348 g/mol. The maximum absolute atomic E-state index is 11.4. The molecule has 0 bridgehead atoms. The Bertz CT molecular complexity index is 667. The van der Waals surface area contributed by atoms with Crippen LogP contribution in [-0.2, 0) is 21.9 Å². The van der Waals surface area contributed by atoms with Crippen LogP contribution in [0.3, 0.4) is 0 Å². The Hall–Kier alpha value is -1.60. The Morgan fingerprint density at radius 1 is 1.08 bits per heavy atom. The van der Waals surface area contributed by atoms with Gasteiger partial charge in [-0.2, -0.15) is 0 Å². The smallest absolute Gasteiger partial charge is 0.211 e. The third-order valence-corrected chi connectivity index (χ3v) is 5.82. The molecule has 1 aromatic rings. The molecule has 0 aliphatic rings. The Kier molecular flexibility index (Phi) is 9.08. The van der Waals surface area contributed by atoms with Gasteiger partial charge in [0.05, 0.1) is 5.75 Å². The molecule has 0 fully saturated rings. The minimum Gasteiger partial charge on any atom is -0.356 e. The fraction of sp³-hybridized carbons (Fsp3) is 0.632. The van der Waals surface area contributed by atoms with E-state index in [2.05, 4.69) is 65.4 Å². The van der Waals surface area contributed by atoms with Gasteiger partial charge in [0.25, 0.3) is 0 Å². The van der Waals surface area contributed by atoms with Crippen LogP contribution >= 0.6 is 0 Å². The monoisotopic (exact) mass is 382 g/mol. The van der Waals surface area contributed by atoms with Crippen molar-refractivity contribution in [1.82, 2.24) is 15.4 Å². The van der Waals surface area contributed by atoms with Gasteiger partial charge in [-0.25, -0.2) is 13.1 Å². The number of sulfonamides is 1. The summed E-state index contributed by atoms with van der Waals surface area (Å²) in [5.41, 5.74) is 2.60. The molecule has 1 rings (SSSR count). The lowest BCUT2D eigenvalue weighted by Crippen LogP contribution is -2.44. The average molecular weight is 383 g/mol. The van der Waals surface area contributed by atoms with E-state index in [1.54, 1.807) is 14.0 Å². The van der Waals surface area contributed by atoms with Gasteiger partial charge in [-0.15, -0.1) is 0 Å². The van der Waals surface area contributed by atoms with Crippen LogP contribution in [0.4, 0.5) is 0 Å². The molecule has 0 saturated heterocycles. The van der Waals surface area contributed by atoms with Gasteiger partial charge in [0.1, 0.15) is 0 Å². The van der Waals surface area contributed by atoms with E-state index in [4.69, 9.17) is 0 Å². The largest absolute Gasteiger partial charge is 0.356 e. The van der Waals surface area contributed by atoms with E-state index in [1.165, 1.54) is 11.1 Å². The van der Waals surface area contributed by atoms with Crippen LogP contribution < -0.4 is 15.4 Å². The lowest BCUT2D eigenvalue weighted by atomic mass is 9.84. The fourth-order valence-corrected chi connectivity index (χ4v) is 3.10. The molecule has 0 atom stereocenters. The number of benzene rings is 1. The van der Waals surface area contributed by atoms with E-state index in [0.717, 1.165) is 18.9 Å². The van der Waals surface area contributed by atoms with Crippen LogP contribution in [0, 0.1) is 0 Å². The zero-order valence-electron chi connectivity index (χ0n) is 16.7. The number of aryl methyl sites for hydroxylation is 1. The Balaban J connectivity index is 2.42. The highest BCUT2D eigenvalue weighted by atomic mass is 32.2. The molecule has 26 heavy (non-hydrogen) atoms. The average Bonchev–Trinajstić information content (AvgIpc) is 2.64. The Morgan fingerprint density at radius 2 is 1.73 bits per heavy atom. The van der Waals surface area contributed by atoms with Crippen molar-refractivity contribution in [3.05, 3.63) is 35.4 Å². The summed E-state index contributed by atoms with van der Waals surface area (Å²) >= 11 is 0. The van der Waals surface area contributed by atoms with Crippen molar-refractivity contribution in [3.63, 3.8) is 0 Å². The summed E-state index contributed by atoms with van der Waals surface area (Å²) in [4.78, 5) is 4.23. The summed E-state index contributed by atoms with van der Waals surface area (Å²) in [5.74, 6) is 0.833. The summed E-state index contributed by atoms with van der Waals surface area (Å²) in [6.45, 7) is 10.0. The predicted octanol–water partition coefficient (Wildman–Crippen LogP) is 2.02. The summed E-state index contributed by atoms with van der Waals surface area (Å²) in [6.07, 6.45) is 1.74. The first kappa shape index (κ1) is 22.4. The second kappa shape index (κ2) is 10.5. The van der Waals surface area contributed by atoms with Crippen LogP contribution in [0.2, 0.25) is 0 Å². The molecule has 0 aliphatic carbocycles. The number of rotatable bonds is 10. The SMILES string of the molecule is CCc1ccc(C(C)(C)CNC(=NC)NCCCNS(=O)(=O)CC)cc1. The molecule has 0 saturated carbocycles. The van der Waals surface area contributed by atoms with Crippen LogP contribution in [0.5, 0.6) is 0 Å². The van der Waals surface area contributed by atoms with Gasteiger partial charge in [-0.3, -0.25) is 4.99 Å². The van der Waals surface area contributed by atoms with Crippen LogP contribution in [0.1, 0.15) is 45.2 Å². The van der Waals surface area contributed by atoms with Crippen molar-refractivity contribution in [3.8, 4) is 0 Å². The van der Waals surface area contributed by atoms with Gasteiger partial charge in [0.2, 0.25) is 10.0 Å². The molecule has 7 heteroatoms. The quantitative estimate of drug-likeness (QED) is 0.328. The first-order valence-electron chi connectivity index (χ1n) is 9.25. The lowest BCUT2D eigenvalue weighted by Gasteiger charge is -2.27. The second-order valence-corrected chi connectivity index (χ2v) is 9.03. The maximum atomic E-state index is 11.4. The highest BCUT2D eigenvalue weighted by molar-refractivity contribution is 7.89. The second-order valence-electron chi connectivity index (χ2n) is 6.94. The third-order valence-electron chi connectivity index (χ3n) is 4.41. The number of aliphatic imine (C=N–C) groups is 1. The van der Waals surface area contributed by atoms with Crippen molar-refractivity contribution in [2.75, 3.05) is 32.4 Å². The fourth-order valence-electron chi connectivity index (χ4n) is 2.44. The lowest BCUT2D eigenvalue weighted by molar-refractivity contribution is 0.508. The number of guanidine groups is 1. The minimum atomic E-state index is -3.11. The number of hydrogen-bond donors (Lipinski definition) is 3. The highest BCUT2D eigenvalue weighted by Gasteiger charge is 2.20. The molecule has 3 N–H and O–H groups in total. The molecule has 0 spiro atoms. The van der Waals surface area contributed by atoms with Crippen molar-refractivity contribution < 1.29 is 8.42 Å². The van der Waals surface area contributed by atoms with Gasteiger partial charge in [0.15, 0.2) is 5.96 Å². The summed E-state index contributed by atoms with van der Waals surface area (Å²) in [7, 11) is -1.38. The van der Waals surface area contributed by atoms with Gasteiger partial charge in [-0.1, -0.05) is 45.0 Å². The van der Waals surface area contributed by atoms with E-state index >= 15 is 0 Å². The predicted molar refractivity (Wildman–Crippen MR) is 110 cm³/mol. The van der Waals surface area contributed by atoms with Crippen molar-refractivity contribution >= 4 is 16.0 Å². The van der Waals surface area contributed by atoms with Gasteiger partial charge >= 0.3 is 0 Å².